The number of nitrogens with zero attached hydrogens (tertiary/aromatic N) is 1. The van der Waals surface area contributed by atoms with Crippen molar-refractivity contribution in [3.05, 3.63) is 20.7 Å². The summed E-state index contributed by atoms with van der Waals surface area (Å²) in [5, 5.41) is 0. The molecule has 0 saturated heterocycles. The molecule has 1 heterocycles. The minimum Gasteiger partial charge on any atom is -0.263 e. The summed E-state index contributed by atoms with van der Waals surface area (Å²) in [7, 11) is 0. The monoisotopic (exact) mass is 111 g/mol. The van der Waals surface area contributed by atoms with Gasteiger partial charge in [0.15, 0.2) is 0 Å². The Morgan fingerprint density at radius 3 is 1.88 bits per heavy atom. The quantitative estimate of drug-likeness (QED) is 0.455. The lowest BCUT2D eigenvalue weighted by Crippen LogP contribution is -1.88. The van der Waals surface area contributed by atoms with Gasteiger partial charge >= 0.3 is 11.1 Å². The van der Waals surface area contributed by atoms with Crippen LogP contribution in [0.4, 0.5) is 0 Å². The standard InChI is InChI=1S/C5H5NO2/c7-4-5(8)6(4)3-1-2-3/h3H,1-2H2. The summed E-state index contributed by atoms with van der Waals surface area (Å²) in [6.07, 6.45) is 2.05. The average Bonchev–Trinajstić information content (AvgIpc) is 2.52. The highest BCUT2D eigenvalue weighted by atomic mass is 16.2. The fourth-order valence-corrected chi connectivity index (χ4v) is 0.810. The summed E-state index contributed by atoms with van der Waals surface area (Å²) in [5.41, 5.74) is -0.569. The molecule has 0 N–H and O–H groups in total. The molecular weight excluding hydrogens is 106 g/mol. The molecular formula is C5H5NO2. The van der Waals surface area contributed by atoms with Crippen molar-refractivity contribution in [1.29, 1.82) is 0 Å². The zero-order valence-electron chi connectivity index (χ0n) is 4.26. The summed E-state index contributed by atoms with van der Waals surface area (Å²) in [6, 6.07) is 0.301. The van der Waals surface area contributed by atoms with Crippen molar-refractivity contribution in [3.8, 4) is 0 Å². The molecule has 1 fully saturated rings. The van der Waals surface area contributed by atoms with E-state index in [9.17, 15) is 9.59 Å². The molecule has 1 saturated carbocycles. The Balaban J connectivity index is 2.44. The van der Waals surface area contributed by atoms with E-state index in [1.807, 2.05) is 0 Å². The molecule has 0 aromatic carbocycles. The van der Waals surface area contributed by atoms with Crippen molar-refractivity contribution in [2.45, 2.75) is 18.9 Å². The molecule has 0 bridgehead atoms. The number of aromatic nitrogens is 1. The minimum absolute atomic E-state index is 0.285. The lowest BCUT2D eigenvalue weighted by molar-refractivity contribution is 0.796. The third kappa shape index (κ3) is 0.338. The first-order valence-electron chi connectivity index (χ1n) is 2.68. The maximum absolute atomic E-state index is 10.3. The third-order valence-corrected chi connectivity index (χ3v) is 1.48. The van der Waals surface area contributed by atoms with Crippen LogP contribution < -0.4 is 11.1 Å². The van der Waals surface area contributed by atoms with Crippen LogP contribution in [0.2, 0.25) is 0 Å². The lowest BCUT2D eigenvalue weighted by Gasteiger charge is -1.74. The summed E-state index contributed by atoms with van der Waals surface area (Å²) in [6.45, 7) is 0. The van der Waals surface area contributed by atoms with Crippen molar-refractivity contribution in [1.82, 2.24) is 4.57 Å². The molecule has 1 aliphatic carbocycles. The van der Waals surface area contributed by atoms with E-state index >= 15 is 0 Å². The van der Waals surface area contributed by atoms with Gasteiger partial charge in [0.05, 0.1) is 0 Å². The highest BCUT2D eigenvalue weighted by Crippen LogP contribution is 2.32. The van der Waals surface area contributed by atoms with Gasteiger partial charge in [-0.3, -0.25) is 14.2 Å². The van der Waals surface area contributed by atoms with Gasteiger partial charge in [0.25, 0.3) is 0 Å². The van der Waals surface area contributed by atoms with E-state index in [4.69, 9.17) is 0 Å². The highest BCUT2D eigenvalue weighted by Gasteiger charge is 2.33. The molecule has 3 heteroatoms. The number of rotatable bonds is 1. The summed E-state index contributed by atoms with van der Waals surface area (Å²) in [4.78, 5) is 20.6. The largest absolute Gasteiger partial charge is 0.319 e. The summed E-state index contributed by atoms with van der Waals surface area (Å²) >= 11 is 0. The molecule has 1 aliphatic rings. The van der Waals surface area contributed by atoms with E-state index in [0.29, 0.717) is 6.04 Å². The molecule has 0 radical (unpaired) electrons. The smallest absolute Gasteiger partial charge is 0.263 e. The van der Waals surface area contributed by atoms with E-state index in [-0.39, 0.29) is 11.1 Å². The van der Waals surface area contributed by atoms with E-state index in [0.717, 1.165) is 12.8 Å². The van der Waals surface area contributed by atoms with Crippen LogP contribution in [0.1, 0.15) is 18.9 Å². The Kier molecular flexibility index (Phi) is 0.477. The second-order valence-corrected chi connectivity index (χ2v) is 2.21. The Hall–Kier alpha value is -0.860. The van der Waals surface area contributed by atoms with Crippen LogP contribution in [-0.4, -0.2) is 4.57 Å². The van der Waals surface area contributed by atoms with Gasteiger partial charge in [-0.15, -0.1) is 0 Å². The Bertz CT molecular complexity index is 250. The van der Waals surface area contributed by atoms with Crippen LogP contribution >= 0.6 is 0 Å². The van der Waals surface area contributed by atoms with E-state index in [2.05, 4.69) is 0 Å². The maximum Gasteiger partial charge on any atom is 0.319 e. The predicted octanol–water partition coefficient (Wildman–Crippen LogP) is -0.581. The third-order valence-electron chi connectivity index (χ3n) is 1.48. The molecule has 1 aromatic rings. The molecule has 42 valence electrons. The van der Waals surface area contributed by atoms with Gasteiger partial charge in [0.1, 0.15) is 0 Å². The highest BCUT2D eigenvalue weighted by molar-refractivity contribution is 4.97. The Morgan fingerprint density at radius 1 is 1.25 bits per heavy atom. The predicted molar refractivity (Wildman–Crippen MR) is 27.6 cm³/mol. The van der Waals surface area contributed by atoms with Crippen LogP contribution in [-0.2, 0) is 0 Å². The van der Waals surface area contributed by atoms with Gasteiger partial charge < -0.3 is 0 Å². The first-order chi connectivity index (χ1) is 3.80. The maximum atomic E-state index is 10.3. The van der Waals surface area contributed by atoms with Gasteiger partial charge in [-0.2, -0.15) is 0 Å². The molecule has 2 rings (SSSR count). The zero-order chi connectivity index (χ0) is 5.72. The van der Waals surface area contributed by atoms with Crippen LogP contribution in [0.5, 0.6) is 0 Å². The molecule has 8 heavy (non-hydrogen) atoms. The summed E-state index contributed by atoms with van der Waals surface area (Å²) < 4.78 is 1.33. The van der Waals surface area contributed by atoms with Crippen LogP contribution in [0, 0.1) is 0 Å². The van der Waals surface area contributed by atoms with Crippen molar-refractivity contribution in [3.63, 3.8) is 0 Å². The van der Waals surface area contributed by atoms with Gasteiger partial charge in [-0.25, -0.2) is 0 Å². The molecule has 1 aromatic heterocycles. The number of hydrogen-bond acceptors (Lipinski definition) is 2. The topological polar surface area (TPSA) is 39.1 Å². The van der Waals surface area contributed by atoms with E-state index in [1.54, 1.807) is 0 Å². The minimum atomic E-state index is -0.285. The molecule has 3 nitrogen and oxygen atoms in total. The molecule has 0 aliphatic heterocycles. The van der Waals surface area contributed by atoms with E-state index in [1.165, 1.54) is 4.57 Å². The van der Waals surface area contributed by atoms with Gasteiger partial charge in [-0.1, -0.05) is 0 Å². The molecule has 0 spiro atoms. The SMILES string of the molecule is O=c1c(=O)n1C1CC1. The number of hydrogen-bond donors (Lipinski definition) is 0. The van der Waals surface area contributed by atoms with Crippen molar-refractivity contribution in [2.75, 3.05) is 0 Å². The molecule has 0 unspecified atom stereocenters. The normalized spacial score (nSPS) is 20.0. The van der Waals surface area contributed by atoms with Crippen molar-refractivity contribution < 1.29 is 0 Å². The average molecular weight is 111 g/mol. The zero-order valence-corrected chi connectivity index (χ0v) is 4.26. The first-order valence-corrected chi connectivity index (χ1v) is 2.68. The first kappa shape index (κ1) is 4.06. The van der Waals surface area contributed by atoms with E-state index < -0.39 is 0 Å². The van der Waals surface area contributed by atoms with Crippen LogP contribution in [0.25, 0.3) is 0 Å². The fourth-order valence-electron chi connectivity index (χ4n) is 0.810. The molecule has 0 atom stereocenters. The van der Waals surface area contributed by atoms with Gasteiger partial charge in [-0.05, 0) is 12.8 Å². The lowest BCUT2D eigenvalue weighted by atomic mass is 10.7. The summed E-state index contributed by atoms with van der Waals surface area (Å²) in [5.74, 6) is 0. The van der Waals surface area contributed by atoms with Crippen LogP contribution in [0.3, 0.4) is 0 Å². The second-order valence-electron chi connectivity index (χ2n) is 2.21. The molecule has 0 amide bonds. The van der Waals surface area contributed by atoms with Gasteiger partial charge in [0.2, 0.25) is 0 Å². The fraction of sp³-hybridized carbons (Fsp3) is 0.600. The Labute approximate surface area is 45.2 Å². The van der Waals surface area contributed by atoms with Gasteiger partial charge in [0, 0.05) is 6.04 Å². The van der Waals surface area contributed by atoms with Crippen LogP contribution in [0.15, 0.2) is 9.59 Å². The van der Waals surface area contributed by atoms with Crippen molar-refractivity contribution in [2.24, 2.45) is 0 Å². The second kappa shape index (κ2) is 0.940. The Morgan fingerprint density at radius 2 is 1.75 bits per heavy atom. The van der Waals surface area contributed by atoms with Crippen molar-refractivity contribution >= 4 is 0 Å².